The highest BCUT2D eigenvalue weighted by atomic mass is 15.2. The Morgan fingerprint density at radius 3 is 2.87 bits per heavy atom. The van der Waals surface area contributed by atoms with E-state index in [9.17, 15) is 0 Å². The summed E-state index contributed by atoms with van der Waals surface area (Å²) in [7, 11) is 0. The van der Waals surface area contributed by atoms with Crippen LogP contribution in [0, 0.1) is 17.2 Å². The van der Waals surface area contributed by atoms with Crippen LogP contribution < -0.4 is 0 Å². The second kappa shape index (κ2) is 5.21. The quantitative estimate of drug-likeness (QED) is 0.706. The fourth-order valence-corrected chi connectivity index (χ4v) is 2.82. The van der Waals surface area contributed by atoms with Crippen molar-refractivity contribution in [2.45, 2.75) is 44.9 Å². The Labute approximate surface area is 92.6 Å². The van der Waals surface area contributed by atoms with Gasteiger partial charge in [-0.2, -0.15) is 5.26 Å². The van der Waals surface area contributed by atoms with Gasteiger partial charge in [0, 0.05) is 25.2 Å². The highest BCUT2D eigenvalue weighted by Crippen LogP contribution is 2.32. The van der Waals surface area contributed by atoms with Gasteiger partial charge in [-0.3, -0.25) is 0 Å². The fourth-order valence-electron chi connectivity index (χ4n) is 2.82. The molecule has 2 rings (SSSR count). The van der Waals surface area contributed by atoms with Crippen LogP contribution in [0.5, 0.6) is 0 Å². The minimum atomic E-state index is 0.677. The molecule has 0 aromatic rings. The van der Waals surface area contributed by atoms with Gasteiger partial charge in [0.25, 0.3) is 0 Å². The monoisotopic (exact) mass is 204 g/mol. The van der Waals surface area contributed by atoms with Gasteiger partial charge in [-0.15, -0.1) is 0 Å². The summed E-state index contributed by atoms with van der Waals surface area (Å²) in [5.74, 6) is 0.677. The molecule has 15 heavy (non-hydrogen) atoms. The van der Waals surface area contributed by atoms with Gasteiger partial charge in [0.15, 0.2) is 0 Å². The third-order valence-electron chi connectivity index (χ3n) is 3.60. The van der Waals surface area contributed by atoms with Crippen LogP contribution in [0.2, 0.25) is 0 Å². The van der Waals surface area contributed by atoms with Crippen molar-refractivity contribution < 1.29 is 0 Å². The van der Waals surface area contributed by atoms with Crippen molar-refractivity contribution in [3.8, 4) is 6.07 Å². The molecule has 2 aliphatic rings. The molecule has 0 N–H and O–H groups in total. The molecular weight excluding hydrogens is 184 g/mol. The summed E-state index contributed by atoms with van der Waals surface area (Å²) in [6.45, 7) is 2.49. The van der Waals surface area contributed by atoms with Crippen molar-refractivity contribution in [1.82, 2.24) is 4.90 Å². The molecule has 0 spiro atoms. The molecule has 1 heterocycles. The molecule has 2 nitrogen and oxygen atoms in total. The Bertz CT molecular complexity index is 269. The van der Waals surface area contributed by atoms with E-state index in [0.717, 1.165) is 12.8 Å². The van der Waals surface area contributed by atoms with E-state index in [1.807, 2.05) is 0 Å². The van der Waals surface area contributed by atoms with Gasteiger partial charge >= 0.3 is 0 Å². The lowest BCUT2D eigenvalue weighted by atomic mass is 9.88. The lowest BCUT2D eigenvalue weighted by Crippen LogP contribution is -2.26. The van der Waals surface area contributed by atoms with Crippen LogP contribution in [0.15, 0.2) is 11.8 Å². The smallest absolute Gasteiger partial charge is 0.0621 e. The van der Waals surface area contributed by atoms with Crippen molar-refractivity contribution in [3.05, 3.63) is 11.8 Å². The Balaban J connectivity index is 1.98. The fraction of sp³-hybridized carbons (Fsp3) is 0.769. The zero-order valence-electron chi connectivity index (χ0n) is 9.41. The van der Waals surface area contributed by atoms with Crippen LogP contribution in [0.3, 0.4) is 0 Å². The van der Waals surface area contributed by atoms with Crippen LogP contribution in [0.1, 0.15) is 44.9 Å². The number of likely N-dealkylation sites (tertiary alicyclic amines) is 1. The van der Waals surface area contributed by atoms with E-state index in [0.29, 0.717) is 5.92 Å². The van der Waals surface area contributed by atoms with Crippen LogP contribution in [-0.4, -0.2) is 18.0 Å². The van der Waals surface area contributed by atoms with Gasteiger partial charge in [0.05, 0.1) is 6.07 Å². The molecule has 0 aromatic heterocycles. The Kier molecular flexibility index (Phi) is 3.66. The first kappa shape index (κ1) is 10.5. The van der Waals surface area contributed by atoms with E-state index in [-0.39, 0.29) is 0 Å². The number of hydrogen-bond acceptors (Lipinski definition) is 2. The maximum atomic E-state index is 8.67. The third kappa shape index (κ3) is 2.53. The van der Waals surface area contributed by atoms with Crippen LogP contribution in [0.25, 0.3) is 0 Å². The average molecular weight is 204 g/mol. The first-order chi connectivity index (χ1) is 7.42. The molecule has 0 aromatic carbocycles. The minimum absolute atomic E-state index is 0.677. The third-order valence-corrected chi connectivity index (χ3v) is 3.60. The molecular formula is C13H20N2. The normalized spacial score (nSPS) is 26.2. The van der Waals surface area contributed by atoms with Gasteiger partial charge in [0.2, 0.25) is 0 Å². The molecule has 82 valence electrons. The van der Waals surface area contributed by atoms with E-state index in [1.165, 1.54) is 45.2 Å². The van der Waals surface area contributed by atoms with E-state index in [4.69, 9.17) is 5.26 Å². The van der Waals surface area contributed by atoms with Gasteiger partial charge in [-0.1, -0.05) is 6.08 Å². The first-order valence-electron chi connectivity index (χ1n) is 6.24. The molecule has 1 atom stereocenters. The topological polar surface area (TPSA) is 27.0 Å². The van der Waals surface area contributed by atoms with E-state index in [2.05, 4.69) is 17.0 Å². The largest absolute Gasteiger partial charge is 0.375 e. The summed E-state index contributed by atoms with van der Waals surface area (Å²) in [5, 5.41) is 8.67. The molecule has 0 amide bonds. The first-order valence-corrected chi connectivity index (χ1v) is 6.24. The van der Waals surface area contributed by atoms with Gasteiger partial charge < -0.3 is 4.90 Å². The second-order valence-electron chi connectivity index (χ2n) is 4.65. The summed E-state index contributed by atoms with van der Waals surface area (Å²) in [5.41, 5.74) is 1.56. The summed E-state index contributed by atoms with van der Waals surface area (Å²) in [6, 6.07) is 2.28. The van der Waals surface area contributed by atoms with Crippen LogP contribution >= 0.6 is 0 Å². The highest BCUT2D eigenvalue weighted by molar-refractivity contribution is 5.10. The van der Waals surface area contributed by atoms with Gasteiger partial charge in [0.1, 0.15) is 0 Å². The van der Waals surface area contributed by atoms with Crippen LogP contribution in [0.4, 0.5) is 0 Å². The zero-order chi connectivity index (χ0) is 10.5. The minimum Gasteiger partial charge on any atom is -0.375 e. The standard InChI is InChI=1S/C13H20N2/c14-9-5-7-12-6-1-2-8-13(12)15-10-3-4-11-15/h8,12H,1-7,10-11H2. The van der Waals surface area contributed by atoms with Crippen molar-refractivity contribution in [2.75, 3.05) is 13.1 Å². The molecule has 1 fully saturated rings. The molecule has 1 aliphatic carbocycles. The average Bonchev–Trinajstić information content (AvgIpc) is 2.80. The summed E-state index contributed by atoms with van der Waals surface area (Å²) < 4.78 is 0. The van der Waals surface area contributed by atoms with Gasteiger partial charge in [-0.25, -0.2) is 0 Å². The number of nitriles is 1. The van der Waals surface area contributed by atoms with Crippen molar-refractivity contribution in [1.29, 1.82) is 5.26 Å². The Hall–Kier alpha value is -0.970. The van der Waals surface area contributed by atoms with Gasteiger partial charge in [-0.05, 0) is 44.4 Å². The van der Waals surface area contributed by atoms with Crippen molar-refractivity contribution in [3.63, 3.8) is 0 Å². The maximum absolute atomic E-state index is 8.67. The number of hydrogen-bond donors (Lipinski definition) is 0. The van der Waals surface area contributed by atoms with Crippen molar-refractivity contribution >= 4 is 0 Å². The molecule has 1 unspecified atom stereocenters. The van der Waals surface area contributed by atoms with Crippen molar-refractivity contribution in [2.24, 2.45) is 5.92 Å². The second-order valence-corrected chi connectivity index (χ2v) is 4.65. The lowest BCUT2D eigenvalue weighted by molar-refractivity contribution is 0.322. The molecule has 1 aliphatic heterocycles. The summed E-state index contributed by atoms with van der Waals surface area (Å²) in [4.78, 5) is 2.56. The molecule has 0 saturated carbocycles. The predicted molar refractivity (Wildman–Crippen MR) is 61.1 cm³/mol. The number of rotatable bonds is 3. The van der Waals surface area contributed by atoms with Crippen LogP contribution in [-0.2, 0) is 0 Å². The summed E-state index contributed by atoms with van der Waals surface area (Å²) >= 11 is 0. The van der Waals surface area contributed by atoms with E-state index >= 15 is 0 Å². The SMILES string of the molecule is N#CCCC1CCCC=C1N1CCCC1. The summed E-state index contributed by atoms with van der Waals surface area (Å²) in [6.07, 6.45) is 10.8. The molecule has 1 saturated heterocycles. The number of allylic oxidation sites excluding steroid dienone is 2. The molecule has 0 radical (unpaired) electrons. The van der Waals surface area contributed by atoms with E-state index < -0.39 is 0 Å². The Morgan fingerprint density at radius 1 is 1.33 bits per heavy atom. The Morgan fingerprint density at radius 2 is 2.13 bits per heavy atom. The number of nitrogens with zero attached hydrogens (tertiary/aromatic N) is 2. The predicted octanol–water partition coefficient (Wildman–Crippen LogP) is 3.07. The highest BCUT2D eigenvalue weighted by Gasteiger charge is 2.24. The molecule has 0 bridgehead atoms. The zero-order valence-corrected chi connectivity index (χ0v) is 9.41. The maximum Gasteiger partial charge on any atom is 0.0621 e. The lowest BCUT2D eigenvalue weighted by Gasteiger charge is -2.31. The van der Waals surface area contributed by atoms with E-state index in [1.54, 1.807) is 5.70 Å². The molecule has 2 heteroatoms.